The minimum absolute atomic E-state index is 0.00599. The summed E-state index contributed by atoms with van der Waals surface area (Å²) in [6.07, 6.45) is 1.63. The molecule has 0 spiro atoms. The molecule has 3 heterocycles. The van der Waals surface area contributed by atoms with Crippen LogP contribution >= 0.6 is 22.9 Å². The van der Waals surface area contributed by atoms with E-state index in [4.69, 9.17) is 16.3 Å². The molecule has 2 aromatic heterocycles. The molecule has 1 fully saturated rings. The minimum atomic E-state index is -0.763. The Morgan fingerprint density at radius 3 is 2.73 bits per heavy atom. The van der Waals surface area contributed by atoms with Crippen molar-refractivity contribution in [2.75, 3.05) is 7.11 Å². The highest BCUT2D eigenvalue weighted by Gasteiger charge is 2.46. The predicted molar refractivity (Wildman–Crippen MR) is 114 cm³/mol. The van der Waals surface area contributed by atoms with Crippen LogP contribution in [0.25, 0.3) is 5.76 Å². The number of carbonyl (C=O) groups is 2. The second-order valence-corrected chi connectivity index (χ2v) is 8.00. The molecule has 30 heavy (non-hydrogen) atoms. The molecule has 3 aromatic rings. The number of halogens is 1. The third-order valence-corrected chi connectivity index (χ3v) is 6.09. The van der Waals surface area contributed by atoms with Crippen molar-refractivity contribution in [2.45, 2.75) is 12.6 Å². The fraction of sp³-hybridized carbons (Fsp3) is 0.136. The van der Waals surface area contributed by atoms with Gasteiger partial charge in [-0.2, -0.15) is 0 Å². The monoisotopic (exact) mass is 440 g/mol. The summed E-state index contributed by atoms with van der Waals surface area (Å²) in [6, 6.07) is 13.0. The molecule has 0 radical (unpaired) electrons. The molecule has 1 N–H and O–H groups in total. The molecule has 1 unspecified atom stereocenters. The summed E-state index contributed by atoms with van der Waals surface area (Å²) >= 11 is 7.68. The van der Waals surface area contributed by atoms with E-state index in [-0.39, 0.29) is 28.5 Å². The number of ether oxygens (including phenoxy) is 1. The maximum absolute atomic E-state index is 13.0. The van der Waals surface area contributed by atoms with E-state index >= 15 is 0 Å². The minimum Gasteiger partial charge on any atom is -0.507 e. The standard InChI is InChI=1S/C22H17ClN2O4S/c1-29-14-7-8-16(23)15(11-14)20(26)18-19(17-6-4-10-30-17)25(22(28)21(18)27)12-13-5-2-3-9-24-13/h2-11,19,26H,12H2,1H3/b20-18-. The number of Topliss-reactive ketones (excluding diaryl/α,β-unsaturated/α-hetero) is 1. The van der Waals surface area contributed by atoms with Crippen LogP contribution in [0.15, 0.2) is 65.7 Å². The average molecular weight is 441 g/mol. The first-order valence-corrected chi connectivity index (χ1v) is 10.3. The Balaban J connectivity index is 1.86. The second-order valence-electron chi connectivity index (χ2n) is 6.61. The summed E-state index contributed by atoms with van der Waals surface area (Å²) in [6.45, 7) is 0.136. The Hall–Kier alpha value is -3.16. The van der Waals surface area contributed by atoms with E-state index in [9.17, 15) is 14.7 Å². The van der Waals surface area contributed by atoms with Crippen molar-refractivity contribution >= 4 is 40.4 Å². The van der Waals surface area contributed by atoms with Crippen molar-refractivity contribution in [3.05, 3.63) is 86.8 Å². The Morgan fingerprint density at radius 1 is 1.23 bits per heavy atom. The van der Waals surface area contributed by atoms with Crippen LogP contribution in [-0.4, -0.2) is 33.8 Å². The van der Waals surface area contributed by atoms with Gasteiger partial charge in [0.25, 0.3) is 11.7 Å². The van der Waals surface area contributed by atoms with Gasteiger partial charge in [-0.15, -0.1) is 11.3 Å². The fourth-order valence-corrected chi connectivity index (χ4v) is 4.46. The number of amides is 1. The molecule has 4 rings (SSSR count). The van der Waals surface area contributed by atoms with Gasteiger partial charge in [-0.05, 0) is 41.8 Å². The number of hydrogen-bond donors (Lipinski definition) is 1. The molecule has 1 aliphatic rings. The molecule has 8 heteroatoms. The molecule has 1 atom stereocenters. The first-order chi connectivity index (χ1) is 14.5. The maximum atomic E-state index is 13.0. The van der Waals surface area contributed by atoms with Gasteiger partial charge in [0.15, 0.2) is 0 Å². The largest absolute Gasteiger partial charge is 0.507 e. The zero-order valence-corrected chi connectivity index (χ0v) is 17.5. The molecule has 0 bridgehead atoms. The molecule has 1 aliphatic heterocycles. The van der Waals surface area contributed by atoms with Crippen LogP contribution < -0.4 is 4.74 Å². The van der Waals surface area contributed by atoms with Gasteiger partial charge in [0.1, 0.15) is 17.6 Å². The zero-order chi connectivity index (χ0) is 21.3. The third kappa shape index (κ3) is 3.58. The van der Waals surface area contributed by atoms with Crippen LogP contribution in [-0.2, 0) is 16.1 Å². The Morgan fingerprint density at radius 2 is 2.07 bits per heavy atom. The van der Waals surface area contributed by atoms with Gasteiger partial charge in [-0.3, -0.25) is 14.6 Å². The number of thiophene rings is 1. The van der Waals surface area contributed by atoms with Crippen molar-refractivity contribution in [2.24, 2.45) is 0 Å². The molecule has 152 valence electrons. The Labute approximate surface area is 182 Å². The lowest BCUT2D eigenvalue weighted by Gasteiger charge is -2.23. The first-order valence-electron chi connectivity index (χ1n) is 9.07. The summed E-state index contributed by atoms with van der Waals surface area (Å²) in [5, 5.41) is 13.2. The van der Waals surface area contributed by atoms with Crippen molar-refractivity contribution < 1.29 is 19.4 Å². The van der Waals surface area contributed by atoms with Crippen LogP contribution in [0.5, 0.6) is 5.75 Å². The van der Waals surface area contributed by atoms with Gasteiger partial charge in [0, 0.05) is 16.6 Å². The number of nitrogens with zero attached hydrogens (tertiary/aromatic N) is 2. The Bertz CT molecular complexity index is 1130. The summed E-state index contributed by atoms with van der Waals surface area (Å²) in [5.41, 5.74) is 0.863. The number of aromatic nitrogens is 1. The summed E-state index contributed by atoms with van der Waals surface area (Å²) < 4.78 is 5.21. The second kappa shape index (κ2) is 8.30. The topological polar surface area (TPSA) is 79.7 Å². The van der Waals surface area contributed by atoms with Gasteiger partial charge in [0.2, 0.25) is 0 Å². The van der Waals surface area contributed by atoms with E-state index in [0.29, 0.717) is 11.4 Å². The molecule has 0 aliphatic carbocycles. The number of aliphatic hydroxyl groups is 1. The Kier molecular flexibility index (Phi) is 5.57. The van der Waals surface area contributed by atoms with Crippen LogP contribution in [0.1, 0.15) is 22.2 Å². The van der Waals surface area contributed by atoms with E-state index < -0.39 is 17.7 Å². The quantitative estimate of drug-likeness (QED) is 0.360. The molecule has 6 nitrogen and oxygen atoms in total. The number of pyridine rings is 1. The maximum Gasteiger partial charge on any atom is 0.296 e. The molecule has 1 saturated heterocycles. The van der Waals surface area contributed by atoms with E-state index in [0.717, 1.165) is 4.88 Å². The molecule has 1 amide bonds. The highest BCUT2D eigenvalue weighted by Crippen LogP contribution is 2.43. The van der Waals surface area contributed by atoms with Crippen LogP contribution in [0, 0.1) is 0 Å². The highest BCUT2D eigenvalue weighted by molar-refractivity contribution is 7.10. The summed E-state index contributed by atoms with van der Waals surface area (Å²) in [5.74, 6) is -1.32. The lowest BCUT2D eigenvalue weighted by molar-refractivity contribution is -0.140. The smallest absolute Gasteiger partial charge is 0.296 e. The van der Waals surface area contributed by atoms with Gasteiger partial charge in [-0.1, -0.05) is 23.7 Å². The van der Waals surface area contributed by atoms with Crippen molar-refractivity contribution in [1.29, 1.82) is 0 Å². The summed E-state index contributed by atoms with van der Waals surface area (Å²) in [7, 11) is 1.49. The van der Waals surface area contributed by atoms with Crippen LogP contribution in [0.3, 0.4) is 0 Å². The average Bonchev–Trinajstić information content (AvgIpc) is 3.37. The zero-order valence-electron chi connectivity index (χ0n) is 15.9. The number of methoxy groups -OCH3 is 1. The SMILES string of the molecule is COc1ccc(Cl)c(/C(O)=C2/C(=O)C(=O)N(Cc3ccccn3)C2c2cccs2)c1. The third-order valence-electron chi connectivity index (χ3n) is 4.84. The van der Waals surface area contributed by atoms with Crippen LogP contribution in [0.2, 0.25) is 5.02 Å². The van der Waals surface area contributed by atoms with E-state index in [1.165, 1.54) is 29.4 Å². The van der Waals surface area contributed by atoms with E-state index in [1.54, 1.807) is 30.5 Å². The number of carbonyl (C=O) groups excluding carboxylic acids is 2. The van der Waals surface area contributed by atoms with E-state index in [1.807, 2.05) is 23.6 Å². The van der Waals surface area contributed by atoms with Crippen LogP contribution in [0.4, 0.5) is 0 Å². The molecule has 1 aromatic carbocycles. The van der Waals surface area contributed by atoms with Crippen molar-refractivity contribution in [3.63, 3.8) is 0 Å². The van der Waals surface area contributed by atoms with E-state index in [2.05, 4.69) is 4.98 Å². The lowest BCUT2D eigenvalue weighted by Crippen LogP contribution is -2.29. The van der Waals surface area contributed by atoms with Crippen molar-refractivity contribution in [3.8, 4) is 5.75 Å². The van der Waals surface area contributed by atoms with Gasteiger partial charge in [0.05, 0.1) is 29.9 Å². The van der Waals surface area contributed by atoms with Crippen molar-refractivity contribution in [1.82, 2.24) is 9.88 Å². The highest BCUT2D eigenvalue weighted by atomic mass is 35.5. The number of hydrogen-bond acceptors (Lipinski definition) is 6. The first kappa shape index (κ1) is 20.1. The molecular formula is C22H17ClN2O4S. The number of likely N-dealkylation sites (tertiary alicyclic amines) is 1. The predicted octanol–water partition coefficient (Wildman–Crippen LogP) is 4.43. The number of aliphatic hydroxyl groups excluding tert-OH is 1. The fourth-order valence-electron chi connectivity index (χ4n) is 3.41. The molecular weight excluding hydrogens is 424 g/mol. The number of rotatable bonds is 5. The number of benzene rings is 1. The van der Waals surface area contributed by atoms with Gasteiger partial charge >= 0.3 is 0 Å². The summed E-state index contributed by atoms with van der Waals surface area (Å²) in [4.78, 5) is 32.4. The lowest BCUT2D eigenvalue weighted by atomic mass is 9.99. The van der Waals surface area contributed by atoms with Gasteiger partial charge in [-0.25, -0.2) is 0 Å². The van der Waals surface area contributed by atoms with Gasteiger partial charge < -0.3 is 14.7 Å². The molecule has 0 saturated carbocycles. The number of ketones is 1. The normalized spacial score (nSPS) is 18.1.